The first kappa shape index (κ1) is 17.8. The molecule has 124 valence electrons. The third kappa shape index (κ3) is 4.26. The molecule has 0 fully saturated rings. The van der Waals surface area contributed by atoms with Gasteiger partial charge in [0, 0.05) is 23.8 Å². The van der Waals surface area contributed by atoms with Gasteiger partial charge in [0.1, 0.15) is 5.75 Å². The molecule has 1 N–H and O–H groups in total. The van der Waals surface area contributed by atoms with E-state index in [1.165, 1.54) is 7.11 Å². The van der Waals surface area contributed by atoms with E-state index in [0.29, 0.717) is 22.9 Å². The van der Waals surface area contributed by atoms with Crippen LogP contribution in [0.5, 0.6) is 5.75 Å². The fourth-order valence-electron chi connectivity index (χ4n) is 2.28. The number of rotatable bonds is 6. The maximum Gasteiger partial charge on any atom is 0.255 e. The van der Waals surface area contributed by atoms with Crippen LogP contribution >= 0.6 is 27.5 Å². The van der Waals surface area contributed by atoms with Gasteiger partial charge in [-0.1, -0.05) is 11.6 Å². The van der Waals surface area contributed by atoms with Crippen molar-refractivity contribution in [2.75, 3.05) is 13.7 Å². The smallest absolute Gasteiger partial charge is 0.255 e. The van der Waals surface area contributed by atoms with Crippen LogP contribution in [0.1, 0.15) is 28.2 Å². The molecule has 5 nitrogen and oxygen atoms in total. The summed E-state index contributed by atoms with van der Waals surface area (Å²) < 4.78 is 8.16. The Kier molecular flexibility index (Phi) is 6.07. The number of halogens is 2. The van der Waals surface area contributed by atoms with Crippen LogP contribution in [0.25, 0.3) is 0 Å². The van der Waals surface area contributed by atoms with Crippen LogP contribution in [-0.2, 0) is 6.54 Å². The Balaban J connectivity index is 1.90. The zero-order valence-corrected chi connectivity index (χ0v) is 15.7. The largest absolute Gasteiger partial charge is 0.496 e. The summed E-state index contributed by atoms with van der Waals surface area (Å²) in [4.78, 5) is 12.2. The predicted molar refractivity (Wildman–Crippen MR) is 94.4 cm³/mol. The van der Waals surface area contributed by atoms with Crippen molar-refractivity contribution in [2.45, 2.75) is 26.8 Å². The highest BCUT2D eigenvalue weighted by Crippen LogP contribution is 2.22. The minimum atomic E-state index is -0.195. The van der Waals surface area contributed by atoms with Crippen molar-refractivity contribution < 1.29 is 9.53 Å². The SMILES string of the molecule is COc1ccc(Cl)cc1C(=O)NCCCn1nc(C)c(Br)c1C. The van der Waals surface area contributed by atoms with E-state index in [2.05, 4.69) is 26.3 Å². The van der Waals surface area contributed by atoms with Gasteiger partial charge in [0.05, 0.1) is 22.8 Å². The summed E-state index contributed by atoms with van der Waals surface area (Å²) in [6, 6.07) is 4.98. The van der Waals surface area contributed by atoms with Crippen molar-refractivity contribution in [3.05, 3.63) is 44.6 Å². The second-order valence-electron chi connectivity index (χ2n) is 5.16. The number of aromatic nitrogens is 2. The molecule has 23 heavy (non-hydrogen) atoms. The highest BCUT2D eigenvalue weighted by molar-refractivity contribution is 9.10. The summed E-state index contributed by atoms with van der Waals surface area (Å²) in [6.45, 7) is 5.26. The molecule has 0 bridgehead atoms. The minimum Gasteiger partial charge on any atom is -0.496 e. The maximum atomic E-state index is 12.2. The Labute approximate surface area is 149 Å². The maximum absolute atomic E-state index is 12.2. The third-order valence-corrected chi connectivity index (χ3v) is 4.91. The van der Waals surface area contributed by atoms with Crippen molar-refractivity contribution in [1.29, 1.82) is 0 Å². The average Bonchev–Trinajstić information content (AvgIpc) is 2.78. The number of amides is 1. The molecule has 0 aliphatic heterocycles. The lowest BCUT2D eigenvalue weighted by atomic mass is 10.2. The Morgan fingerprint density at radius 2 is 2.17 bits per heavy atom. The van der Waals surface area contributed by atoms with E-state index in [1.807, 2.05) is 18.5 Å². The summed E-state index contributed by atoms with van der Waals surface area (Å²) >= 11 is 9.45. The number of nitrogens with zero attached hydrogens (tertiary/aromatic N) is 2. The molecule has 0 spiro atoms. The number of aryl methyl sites for hydroxylation is 2. The third-order valence-electron chi connectivity index (χ3n) is 3.53. The van der Waals surface area contributed by atoms with Gasteiger partial charge >= 0.3 is 0 Å². The van der Waals surface area contributed by atoms with Gasteiger partial charge in [0.25, 0.3) is 5.91 Å². The first-order chi connectivity index (χ1) is 10.9. The van der Waals surface area contributed by atoms with Crippen molar-refractivity contribution in [3.63, 3.8) is 0 Å². The van der Waals surface area contributed by atoms with Crippen molar-refractivity contribution in [2.24, 2.45) is 0 Å². The second-order valence-corrected chi connectivity index (χ2v) is 6.39. The number of carbonyl (C=O) groups is 1. The molecular formula is C16H19BrClN3O2. The number of hydrogen-bond acceptors (Lipinski definition) is 3. The van der Waals surface area contributed by atoms with E-state index in [9.17, 15) is 4.79 Å². The first-order valence-electron chi connectivity index (χ1n) is 7.25. The minimum absolute atomic E-state index is 0.195. The van der Waals surface area contributed by atoms with E-state index >= 15 is 0 Å². The Morgan fingerprint density at radius 1 is 1.43 bits per heavy atom. The summed E-state index contributed by atoms with van der Waals surface area (Å²) in [5.74, 6) is 0.313. The molecule has 1 aromatic carbocycles. The Bertz CT molecular complexity index is 716. The van der Waals surface area contributed by atoms with E-state index in [1.54, 1.807) is 18.2 Å². The van der Waals surface area contributed by atoms with Crippen LogP contribution in [-0.4, -0.2) is 29.3 Å². The van der Waals surface area contributed by atoms with Crippen molar-refractivity contribution >= 4 is 33.4 Å². The van der Waals surface area contributed by atoms with Crippen LogP contribution in [0.3, 0.4) is 0 Å². The lowest BCUT2D eigenvalue weighted by Gasteiger charge is -2.10. The molecule has 1 heterocycles. The zero-order valence-electron chi connectivity index (χ0n) is 13.3. The highest BCUT2D eigenvalue weighted by Gasteiger charge is 2.13. The number of hydrogen-bond donors (Lipinski definition) is 1. The normalized spacial score (nSPS) is 10.7. The molecule has 0 saturated carbocycles. The van der Waals surface area contributed by atoms with Crippen LogP contribution in [0, 0.1) is 13.8 Å². The van der Waals surface area contributed by atoms with Crippen LogP contribution in [0.15, 0.2) is 22.7 Å². The van der Waals surface area contributed by atoms with Gasteiger partial charge in [-0.3, -0.25) is 9.48 Å². The summed E-state index contributed by atoms with van der Waals surface area (Å²) in [5.41, 5.74) is 2.49. The Hall–Kier alpha value is -1.53. The highest BCUT2D eigenvalue weighted by atomic mass is 79.9. The first-order valence-corrected chi connectivity index (χ1v) is 8.42. The van der Waals surface area contributed by atoms with Gasteiger partial charge in [-0.05, 0) is 54.4 Å². The standard InChI is InChI=1S/C16H19BrClN3O2/c1-10-15(17)11(2)21(20-10)8-4-7-19-16(22)13-9-12(18)5-6-14(13)23-3/h5-6,9H,4,7-8H2,1-3H3,(H,19,22). The number of ether oxygens (including phenoxy) is 1. The topological polar surface area (TPSA) is 56.1 Å². The number of carbonyl (C=O) groups excluding carboxylic acids is 1. The van der Waals surface area contributed by atoms with Gasteiger partial charge in [0.2, 0.25) is 0 Å². The lowest BCUT2D eigenvalue weighted by Crippen LogP contribution is -2.26. The quantitative estimate of drug-likeness (QED) is 0.751. The Morgan fingerprint density at radius 3 is 2.78 bits per heavy atom. The number of nitrogens with one attached hydrogen (secondary N) is 1. The van der Waals surface area contributed by atoms with Gasteiger partial charge in [-0.25, -0.2) is 0 Å². The lowest BCUT2D eigenvalue weighted by molar-refractivity contribution is 0.0949. The number of methoxy groups -OCH3 is 1. The molecule has 0 saturated heterocycles. The van der Waals surface area contributed by atoms with E-state index < -0.39 is 0 Å². The summed E-state index contributed by atoms with van der Waals surface area (Å²) in [6.07, 6.45) is 0.781. The molecule has 0 aliphatic carbocycles. The monoisotopic (exact) mass is 399 g/mol. The average molecular weight is 401 g/mol. The fraction of sp³-hybridized carbons (Fsp3) is 0.375. The van der Waals surface area contributed by atoms with E-state index in [4.69, 9.17) is 16.3 Å². The zero-order chi connectivity index (χ0) is 17.0. The molecule has 0 unspecified atom stereocenters. The van der Waals surface area contributed by atoms with Crippen LogP contribution < -0.4 is 10.1 Å². The molecular weight excluding hydrogens is 382 g/mol. The summed E-state index contributed by atoms with van der Waals surface area (Å²) in [5, 5.41) is 7.83. The van der Waals surface area contributed by atoms with Gasteiger partial charge < -0.3 is 10.1 Å². The molecule has 0 radical (unpaired) electrons. The van der Waals surface area contributed by atoms with Gasteiger partial charge in [0.15, 0.2) is 0 Å². The van der Waals surface area contributed by atoms with E-state index in [0.717, 1.165) is 28.8 Å². The molecule has 0 atom stereocenters. The molecule has 1 aromatic heterocycles. The van der Waals surface area contributed by atoms with Gasteiger partial charge in [-0.2, -0.15) is 5.10 Å². The van der Waals surface area contributed by atoms with Crippen molar-refractivity contribution in [3.8, 4) is 5.75 Å². The van der Waals surface area contributed by atoms with Gasteiger partial charge in [-0.15, -0.1) is 0 Å². The molecule has 1 amide bonds. The molecule has 2 aromatic rings. The molecule has 7 heteroatoms. The van der Waals surface area contributed by atoms with E-state index in [-0.39, 0.29) is 5.91 Å². The number of benzene rings is 1. The molecule has 2 rings (SSSR count). The summed E-state index contributed by atoms with van der Waals surface area (Å²) in [7, 11) is 1.53. The van der Waals surface area contributed by atoms with Crippen LogP contribution in [0.4, 0.5) is 0 Å². The predicted octanol–water partition coefficient (Wildman–Crippen LogP) is 3.74. The second kappa shape index (κ2) is 7.84. The van der Waals surface area contributed by atoms with Crippen molar-refractivity contribution in [1.82, 2.24) is 15.1 Å². The molecule has 0 aliphatic rings. The van der Waals surface area contributed by atoms with Crippen LogP contribution in [0.2, 0.25) is 5.02 Å². The fourth-order valence-corrected chi connectivity index (χ4v) is 2.73.